The van der Waals surface area contributed by atoms with Gasteiger partial charge in [-0.25, -0.2) is 0 Å². The van der Waals surface area contributed by atoms with Gasteiger partial charge in [-0.3, -0.25) is 19.3 Å². The minimum absolute atomic E-state index is 0.00413. The number of carbonyl (C=O) groups excluding carboxylic acids is 3. The standard InChI is InChI=1S/C29H35N5O5S/c1-16-10-12-20(14-17(16)2)34(29(37)26-23(30)24(27(31)35)33-40-26)25(28(36)32-19-8-6-5-7-9-19)18-11-13-21(38-3)22(15-18)39-4/h10-15,19,25H,5-9,30H2,1-4H3,(H2,31,35)(H,32,36). The fourth-order valence-corrected chi connectivity index (χ4v) is 5.71. The number of benzene rings is 2. The molecule has 40 heavy (non-hydrogen) atoms. The summed E-state index contributed by atoms with van der Waals surface area (Å²) in [4.78, 5) is 41.8. The van der Waals surface area contributed by atoms with Crippen molar-refractivity contribution in [2.24, 2.45) is 5.73 Å². The molecule has 0 radical (unpaired) electrons. The average Bonchev–Trinajstić information content (AvgIpc) is 3.34. The van der Waals surface area contributed by atoms with E-state index in [1.807, 2.05) is 26.0 Å². The van der Waals surface area contributed by atoms with Gasteiger partial charge in [0, 0.05) is 11.7 Å². The van der Waals surface area contributed by atoms with Crippen LogP contribution in [0.3, 0.4) is 0 Å². The number of nitrogens with zero attached hydrogens (tertiary/aromatic N) is 2. The molecule has 0 bridgehead atoms. The molecule has 1 atom stereocenters. The van der Waals surface area contributed by atoms with Crippen LogP contribution in [0.15, 0.2) is 36.4 Å². The molecule has 1 saturated carbocycles. The molecule has 3 aromatic rings. The number of nitrogens with one attached hydrogen (secondary N) is 1. The monoisotopic (exact) mass is 565 g/mol. The first-order chi connectivity index (χ1) is 19.2. The molecule has 1 aliphatic carbocycles. The van der Waals surface area contributed by atoms with Crippen molar-refractivity contribution in [3.8, 4) is 11.5 Å². The van der Waals surface area contributed by atoms with Gasteiger partial charge in [-0.05, 0) is 79.2 Å². The first-order valence-electron chi connectivity index (χ1n) is 13.1. The van der Waals surface area contributed by atoms with E-state index < -0.39 is 17.9 Å². The van der Waals surface area contributed by atoms with Gasteiger partial charge in [0.25, 0.3) is 11.8 Å². The number of anilines is 2. The van der Waals surface area contributed by atoms with Gasteiger partial charge in [0.2, 0.25) is 5.91 Å². The highest BCUT2D eigenvalue weighted by Crippen LogP contribution is 2.37. The van der Waals surface area contributed by atoms with Gasteiger partial charge in [0.05, 0.1) is 19.9 Å². The maximum absolute atomic E-state index is 14.3. The molecular weight excluding hydrogens is 530 g/mol. The summed E-state index contributed by atoms with van der Waals surface area (Å²) in [6, 6.07) is 9.54. The molecule has 5 N–H and O–H groups in total. The molecule has 4 rings (SSSR count). The Hall–Kier alpha value is -4.12. The Morgan fingerprint density at radius 2 is 1.70 bits per heavy atom. The molecule has 2 aromatic carbocycles. The summed E-state index contributed by atoms with van der Waals surface area (Å²) >= 11 is 0.773. The largest absolute Gasteiger partial charge is 0.493 e. The van der Waals surface area contributed by atoms with Crippen molar-refractivity contribution in [2.75, 3.05) is 24.9 Å². The molecule has 1 fully saturated rings. The lowest BCUT2D eigenvalue weighted by Gasteiger charge is -2.33. The minimum atomic E-state index is -1.10. The highest BCUT2D eigenvalue weighted by atomic mass is 32.1. The van der Waals surface area contributed by atoms with E-state index in [2.05, 4.69) is 9.69 Å². The van der Waals surface area contributed by atoms with Crippen molar-refractivity contribution in [3.05, 3.63) is 63.7 Å². The van der Waals surface area contributed by atoms with E-state index in [-0.39, 0.29) is 28.2 Å². The SMILES string of the molecule is COc1ccc(C(C(=O)NC2CCCCC2)N(C(=O)c2snc(C(N)=O)c2N)c2ccc(C)c(C)c2)cc1OC. The number of nitrogen functional groups attached to an aromatic ring is 1. The first kappa shape index (κ1) is 28.9. The zero-order valence-corrected chi connectivity index (χ0v) is 24.0. The molecule has 0 saturated heterocycles. The molecule has 10 nitrogen and oxygen atoms in total. The topological polar surface area (TPSA) is 150 Å². The summed E-state index contributed by atoms with van der Waals surface area (Å²) in [5, 5.41) is 3.18. The van der Waals surface area contributed by atoms with E-state index in [0.29, 0.717) is 22.7 Å². The first-order valence-corrected chi connectivity index (χ1v) is 13.9. The Kier molecular flexibility index (Phi) is 8.93. The van der Waals surface area contributed by atoms with Crippen LogP contribution in [0.1, 0.15) is 75.0 Å². The number of primary amides is 1. The molecule has 11 heteroatoms. The summed E-state index contributed by atoms with van der Waals surface area (Å²) in [5.74, 6) is -0.860. The number of amides is 3. The van der Waals surface area contributed by atoms with Gasteiger partial charge in [0.1, 0.15) is 10.9 Å². The lowest BCUT2D eigenvalue weighted by atomic mass is 9.94. The molecule has 3 amide bonds. The van der Waals surface area contributed by atoms with Gasteiger partial charge in [-0.1, -0.05) is 31.4 Å². The summed E-state index contributed by atoms with van der Waals surface area (Å²) in [6.45, 7) is 3.90. The molecule has 1 aliphatic rings. The molecule has 1 unspecified atom stereocenters. The maximum atomic E-state index is 14.3. The van der Waals surface area contributed by atoms with Crippen molar-refractivity contribution >= 4 is 40.6 Å². The number of rotatable bonds is 9. The van der Waals surface area contributed by atoms with Crippen molar-refractivity contribution in [2.45, 2.75) is 58.0 Å². The van der Waals surface area contributed by atoms with Gasteiger partial charge in [-0.2, -0.15) is 4.37 Å². The van der Waals surface area contributed by atoms with Crippen molar-refractivity contribution in [1.82, 2.24) is 9.69 Å². The van der Waals surface area contributed by atoms with Gasteiger partial charge in [-0.15, -0.1) is 0 Å². The molecule has 0 aliphatic heterocycles. The second kappa shape index (κ2) is 12.4. The van der Waals surface area contributed by atoms with E-state index >= 15 is 0 Å². The normalized spacial score (nSPS) is 14.3. The predicted octanol–water partition coefficient (Wildman–Crippen LogP) is 4.30. The second-order valence-corrected chi connectivity index (χ2v) is 10.7. The van der Waals surface area contributed by atoms with Crippen LogP contribution in [0.25, 0.3) is 0 Å². The summed E-state index contributed by atoms with van der Waals surface area (Å²) in [6.07, 6.45) is 4.92. The minimum Gasteiger partial charge on any atom is -0.493 e. The van der Waals surface area contributed by atoms with Crippen LogP contribution in [-0.2, 0) is 4.79 Å². The smallest absolute Gasteiger partial charge is 0.273 e. The Bertz CT molecular complexity index is 1420. The van der Waals surface area contributed by atoms with E-state index in [1.54, 1.807) is 24.3 Å². The summed E-state index contributed by atoms with van der Waals surface area (Å²) in [7, 11) is 3.03. The van der Waals surface area contributed by atoms with Crippen LogP contribution in [0.2, 0.25) is 0 Å². The highest BCUT2D eigenvalue weighted by Gasteiger charge is 2.37. The van der Waals surface area contributed by atoms with Gasteiger partial charge in [0.15, 0.2) is 17.2 Å². The molecular formula is C29H35N5O5S. The number of ether oxygens (including phenoxy) is 2. The third-order valence-electron chi connectivity index (χ3n) is 7.32. The highest BCUT2D eigenvalue weighted by molar-refractivity contribution is 7.09. The van der Waals surface area contributed by atoms with Crippen LogP contribution in [-0.4, -0.2) is 42.4 Å². The van der Waals surface area contributed by atoms with Crippen LogP contribution < -0.4 is 31.2 Å². The Labute approximate surface area is 237 Å². The fraction of sp³-hybridized carbons (Fsp3) is 0.379. The Balaban J connectivity index is 1.91. The van der Waals surface area contributed by atoms with E-state index in [0.717, 1.165) is 54.8 Å². The van der Waals surface area contributed by atoms with Crippen LogP contribution in [0, 0.1) is 13.8 Å². The van der Waals surface area contributed by atoms with Gasteiger partial charge >= 0.3 is 0 Å². The van der Waals surface area contributed by atoms with E-state index in [4.69, 9.17) is 20.9 Å². The number of nitrogens with two attached hydrogens (primary N) is 2. The molecule has 1 heterocycles. The zero-order chi connectivity index (χ0) is 29.0. The number of aromatic nitrogens is 1. The summed E-state index contributed by atoms with van der Waals surface area (Å²) in [5.41, 5.74) is 14.3. The molecule has 1 aromatic heterocycles. The van der Waals surface area contributed by atoms with Crippen molar-refractivity contribution in [1.29, 1.82) is 0 Å². The fourth-order valence-electron chi connectivity index (χ4n) is 4.97. The van der Waals surface area contributed by atoms with E-state index in [1.165, 1.54) is 19.1 Å². The summed E-state index contributed by atoms with van der Waals surface area (Å²) < 4.78 is 15.0. The van der Waals surface area contributed by atoms with Crippen LogP contribution in [0.4, 0.5) is 11.4 Å². The van der Waals surface area contributed by atoms with Crippen LogP contribution in [0.5, 0.6) is 11.5 Å². The number of carbonyl (C=O) groups is 3. The number of hydrogen-bond donors (Lipinski definition) is 3. The third-order valence-corrected chi connectivity index (χ3v) is 8.18. The molecule has 0 spiro atoms. The average molecular weight is 566 g/mol. The maximum Gasteiger partial charge on any atom is 0.273 e. The van der Waals surface area contributed by atoms with Crippen molar-refractivity contribution < 1.29 is 23.9 Å². The lowest BCUT2D eigenvalue weighted by molar-refractivity contribution is -0.123. The zero-order valence-electron chi connectivity index (χ0n) is 23.2. The number of hydrogen-bond acceptors (Lipinski definition) is 8. The molecule has 212 valence electrons. The van der Waals surface area contributed by atoms with Gasteiger partial charge < -0.3 is 26.3 Å². The third kappa shape index (κ3) is 5.89. The van der Waals surface area contributed by atoms with Crippen molar-refractivity contribution in [3.63, 3.8) is 0 Å². The lowest BCUT2D eigenvalue weighted by Crippen LogP contribution is -2.47. The Morgan fingerprint density at radius 1 is 1.00 bits per heavy atom. The quantitative estimate of drug-likeness (QED) is 0.350. The van der Waals surface area contributed by atoms with Crippen LogP contribution >= 0.6 is 11.5 Å². The predicted molar refractivity (Wildman–Crippen MR) is 155 cm³/mol. The Morgan fingerprint density at radius 3 is 2.30 bits per heavy atom. The number of aryl methyl sites for hydroxylation is 2. The van der Waals surface area contributed by atoms with E-state index in [9.17, 15) is 14.4 Å². The number of methoxy groups -OCH3 is 2. The second-order valence-electron chi connectivity index (χ2n) is 9.94.